The maximum Gasteiger partial charge on any atom is 0.124 e. The van der Waals surface area contributed by atoms with Gasteiger partial charge in [0.25, 0.3) is 0 Å². The summed E-state index contributed by atoms with van der Waals surface area (Å²) in [6.45, 7) is 5.07. The van der Waals surface area contributed by atoms with Crippen LogP contribution in [0.4, 0.5) is 0 Å². The topological polar surface area (TPSA) is 49.7 Å². The smallest absolute Gasteiger partial charge is 0.124 e. The third-order valence-corrected chi connectivity index (χ3v) is 2.35. The number of rotatable bonds is 3. The first-order chi connectivity index (χ1) is 6.86. The fourth-order valence-corrected chi connectivity index (χ4v) is 1.45. The third-order valence-electron chi connectivity index (χ3n) is 2.35. The summed E-state index contributed by atoms with van der Waals surface area (Å²) in [7, 11) is 1.55. The average Bonchev–Trinajstić information content (AvgIpc) is 2.15. The van der Waals surface area contributed by atoms with E-state index in [0.29, 0.717) is 11.3 Å². The van der Waals surface area contributed by atoms with Crippen LogP contribution in [-0.4, -0.2) is 22.9 Å². The molecule has 3 nitrogen and oxygen atoms in total. The van der Waals surface area contributed by atoms with Crippen molar-refractivity contribution in [2.45, 2.75) is 32.5 Å². The van der Waals surface area contributed by atoms with E-state index in [0.717, 1.165) is 5.56 Å². The minimum Gasteiger partial charge on any atom is -0.496 e. The monoisotopic (exact) mass is 210 g/mol. The van der Waals surface area contributed by atoms with Gasteiger partial charge in [0, 0.05) is 5.56 Å². The van der Waals surface area contributed by atoms with Gasteiger partial charge in [-0.3, -0.25) is 0 Å². The molecule has 0 aliphatic heterocycles. The van der Waals surface area contributed by atoms with Crippen molar-refractivity contribution in [2.75, 3.05) is 7.11 Å². The molecule has 1 unspecified atom stereocenters. The van der Waals surface area contributed by atoms with Crippen LogP contribution in [0.3, 0.4) is 0 Å². The van der Waals surface area contributed by atoms with Crippen molar-refractivity contribution in [3.05, 3.63) is 29.3 Å². The Labute approximate surface area is 90.3 Å². The van der Waals surface area contributed by atoms with Crippen molar-refractivity contribution in [3.63, 3.8) is 0 Å². The molecule has 0 amide bonds. The third kappa shape index (κ3) is 2.70. The quantitative estimate of drug-likeness (QED) is 0.800. The van der Waals surface area contributed by atoms with Crippen LogP contribution < -0.4 is 4.74 Å². The fourth-order valence-electron chi connectivity index (χ4n) is 1.45. The van der Waals surface area contributed by atoms with Crippen molar-refractivity contribution in [3.8, 4) is 5.75 Å². The maximum absolute atomic E-state index is 9.96. The molecule has 0 heterocycles. The van der Waals surface area contributed by atoms with E-state index >= 15 is 0 Å². The lowest BCUT2D eigenvalue weighted by molar-refractivity contribution is -0.0506. The van der Waals surface area contributed by atoms with E-state index in [9.17, 15) is 10.2 Å². The molecule has 0 saturated heterocycles. The molecule has 0 saturated carbocycles. The number of hydrogen-bond donors (Lipinski definition) is 2. The van der Waals surface area contributed by atoms with Crippen molar-refractivity contribution in [2.24, 2.45) is 0 Å². The molecule has 1 aromatic rings. The zero-order valence-corrected chi connectivity index (χ0v) is 9.61. The predicted molar refractivity (Wildman–Crippen MR) is 59.0 cm³/mol. The van der Waals surface area contributed by atoms with Crippen LogP contribution in [0.1, 0.15) is 31.1 Å². The van der Waals surface area contributed by atoms with Gasteiger partial charge < -0.3 is 14.9 Å². The molecule has 15 heavy (non-hydrogen) atoms. The Morgan fingerprint density at radius 2 is 1.93 bits per heavy atom. The van der Waals surface area contributed by atoms with E-state index in [-0.39, 0.29) is 0 Å². The van der Waals surface area contributed by atoms with Gasteiger partial charge in [-0.2, -0.15) is 0 Å². The van der Waals surface area contributed by atoms with Crippen LogP contribution in [0, 0.1) is 6.92 Å². The molecule has 0 aliphatic carbocycles. The molecule has 1 rings (SSSR count). The molecule has 0 bridgehead atoms. The van der Waals surface area contributed by atoms with Crippen molar-refractivity contribution in [1.29, 1.82) is 0 Å². The molecule has 3 heteroatoms. The number of benzene rings is 1. The lowest BCUT2D eigenvalue weighted by Gasteiger charge is -2.26. The molecule has 1 atom stereocenters. The molecular formula is C12H18O3. The summed E-state index contributed by atoms with van der Waals surface area (Å²) in [5, 5.41) is 19.7. The number of aliphatic hydroxyl groups is 2. The highest BCUT2D eigenvalue weighted by Gasteiger charge is 2.28. The largest absolute Gasteiger partial charge is 0.496 e. The Morgan fingerprint density at radius 3 is 2.40 bits per heavy atom. The van der Waals surface area contributed by atoms with E-state index in [1.807, 2.05) is 19.1 Å². The molecule has 0 aromatic heterocycles. The molecule has 84 valence electrons. The zero-order valence-electron chi connectivity index (χ0n) is 9.61. The van der Waals surface area contributed by atoms with Crippen LogP contribution >= 0.6 is 0 Å². The molecule has 0 spiro atoms. The van der Waals surface area contributed by atoms with E-state index in [2.05, 4.69) is 0 Å². The highest BCUT2D eigenvalue weighted by atomic mass is 16.5. The molecule has 2 N–H and O–H groups in total. The summed E-state index contributed by atoms with van der Waals surface area (Å²) >= 11 is 0. The molecule has 0 radical (unpaired) electrons. The summed E-state index contributed by atoms with van der Waals surface area (Å²) in [6.07, 6.45) is -0.952. The van der Waals surface area contributed by atoms with Crippen LogP contribution in [0.2, 0.25) is 0 Å². The molecule has 0 fully saturated rings. The van der Waals surface area contributed by atoms with Gasteiger partial charge >= 0.3 is 0 Å². The first-order valence-electron chi connectivity index (χ1n) is 4.91. The Morgan fingerprint density at radius 1 is 1.33 bits per heavy atom. The van der Waals surface area contributed by atoms with Gasteiger partial charge in [-0.1, -0.05) is 11.6 Å². The first kappa shape index (κ1) is 12.0. The van der Waals surface area contributed by atoms with Crippen LogP contribution in [-0.2, 0) is 0 Å². The summed E-state index contributed by atoms with van der Waals surface area (Å²) in [5.41, 5.74) is 0.459. The van der Waals surface area contributed by atoms with Crippen molar-refractivity contribution >= 4 is 0 Å². The van der Waals surface area contributed by atoms with Gasteiger partial charge in [0.05, 0.1) is 12.7 Å². The Kier molecular flexibility index (Phi) is 3.37. The zero-order chi connectivity index (χ0) is 11.6. The highest BCUT2D eigenvalue weighted by Crippen LogP contribution is 2.32. The summed E-state index contributed by atoms with van der Waals surface area (Å²) in [4.78, 5) is 0. The van der Waals surface area contributed by atoms with E-state index in [4.69, 9.17) is 4.74 Å². The Hall–Kier alpha value is -1.06. The second-order valence-electron chi connectivity index (χ2n) is 4.30. The van der Waals surface area contributed by atoms with Gasteiger partial charge in [0.15, 0.2) is 0 Å². The normalized spacial score (nSPS) is 13.7. The first-order valence-corrected chi connectivity index (χ1v) is 4.91. The van der Waals surface area contributed by atoms with Gasteiger partial charge in [-0.15, -0.1) is 0 Å². The number of aliphatic hydroxyl groups excluding tert-OH is 1. The minimum atomic E-state index is -1.18. The van der Waals surface area contributed by atoms with E-state index in [1.54, 1.807) is 27.0 Å². The highest BCUT2D eigenvalue weighted by molar-refractivity contribution is 5.39. The molecule has 1 aromatic carbocycles. The number of methoxy groups -OCH3 is 1. The average molecular weight is 210 g/mol. The van der Waals surface area contributed by atoms with Gasteiger partial charge in [-0.05, 0) is 32.9 Å². The summed E-state index contributed by atoms with van der Waals surface area (Å²) in [6, 6.07) is 5.51. The Bertz CT molecular complexity index is 339. The van der Waals surface area contributed by atoms with Gasteiger partial charge in [0.2, 0.25) is 0 Å². The SMILES string of the molecule is COc1ccc(C)cc1C(O)C(C)(C)O. The van der Waals surface area contributed by atoms with Gasteiger partial charge in [0.1, 0.15) is 11.9 Å². The van der Waals surface area contributed by atoms with E-state index in [1.165, 1.54) is 0 Å². The van der Waals surface area contributed by atoms with Crippen LogP contribution in [0.5, 0.6) is 5.75 Å². The minimum absolute atomic E-state index is 0.593. The standard InChI is InChI=1S/C12H18O3/c1-8-5-6-10(15-4)9(7-8)11(13)12(2,3)14/h5-7,11,13-14H,1-4H3. The lowest BCUT2D eigenvalue weighted by atomic mass is 9.93. The number of ether oxygens (including phenoxy) is 1. The van der Waals surface area contributed by atoms with Crippen molar-refractivity contribution in [1.82, 2.24) is 0 Å². The fraction of sp³-hybridized carbons (Fsp3) is 0.500. The Balaban J connectivity index is 3.17. The second-order valence-corrected chi connectivity index (χ2v) is 4.30. The van der Waals surface area contributed by atoms with Crippen LogP contribution in [0.15, 0.2) is 18.2 Å². The summed E-state index contributed by atoms with van der Waals surface area (Å²) < 4.78 is 5.15. The van der Waals surface area contributed by atoms with Crippen LogP contribution in [0.25, 0.3) is 0 Å². The molecular weight excluding hydrogens is 192 g/mol. The maximum atomic E-state index is 9.96. The number of hydrogen-bond acceptors (Lipinski definition) is 3. The van der Waals surface area contributed by atoms with E-state index < -0.39 is 11.7 Å². The predicted octanol–water partition coefficient (Wildman–Crippen LogP) is 1.81. The lowest BCUT2D eigenvalue weighted by Crippen LogP contribution is -2.29. The van der Waals surface area contributed by atoms with Gasteiger partial charge in [-0.25, -0.2) is 0 Å². The molecule has 0 aliphatic rings. The number of aryl methyl sites for hydroxylation is 1. The summed E-state index contributed by atoms with van der Waals surface area (Å²) in [5.74, 6) is 0.593. The van der Waals surface area contributed by atoms with Crippen molar-refractivity contribution < 1.29 is 14.9 Å². The second kappa shape index (κ2) is 4.21.